The van der Waals surface area contributed by atoms with Crippen molar-refractivity contribution >= 4 is 21.8 Å². The summed E-state index contributed by atoms with van der Waals surface area (Å²) in [5, 5.41) is 4.25. The molecular formula is C18H30BrNO. The molecule has 4 bridgehead atoms. The third kappa shape index (κ3) is 3.83. The summed E-state index contributed by atoms with van der Waals surface area (Å²) >= 11 is 3.51. The van der Waals surface area contributed by atoms with E-state index >= 15 is 0 Å². The minimum atomic E-state index is 0.323. The number of carbonyl (C=O) groups excluding carboxylic acids is 1. The fourth-order valence-corrected chi connectivity index (χ4v) is 5.99. The molecule has 21 heavy (non-hydrogen) atoms. The van der Waals surface area contributed by atoms with Crippen molar-refractivity contribution in [1.29, 1.82) is 0 Å². The van der Waals surface area contributed by atoms with Crippen molar-refractivity contribution in [2.24, 2.45) is 29.1 Å². The quantitative estimate of drug-likeness (QED) is 0.527. The third-order valence-electron chi connectivity index (χ3n) is 6.16. The summed E-state index contributed by atoms with van der Waals surface area (Å²) in [4.78, 5) is 12.3. The Labute approximate surface area is 138 Å². The lowest BCUT2D eigenvalue weighted by Crippen LogP contribution is -2.48. The van der Waals surface area contributed by atoms with E-state index in [2.05, 4.69) is 28.2 Å². The van der Waals surface area contributed by atoms with Gasteiger partial charge in [0.05, 0.1) is 0 Å². The average molecular weight is 356 g/mol. The third-order valence-corrected chi connectivity index (χ3v) is 7.27. The van der Waals surface area contributed by atoms with E-state index in [0.717, 1.165) is 42.5 Å². The number of rotatable bonds is 7. The van der Waals surface area contributed by atoms with Gasteiger partial charge in [-0.25, -0.2) is 0 Å². The minimum absolute atomic E-state index is 0.323. The van der Waals surface area contributed by atoms with E-state index in [1.807, 2.05) is 0 Å². The fraction of sp³-hybridized carbons (Fsp3) is 0.944. The lowest BCUT2D eigenvalue weighted by atomic mass is 9.49. The molecule has 0 saturated heterocycles. The maximum Gasteiger partial charge on any atom is 0.220 e. The molecule has 4 rings (SSSR count). The molecule has 4 fully saturated rings. The zero-order chi connectivity index (χ0) is 14.9. The summed E-state index contributed by atoms with van der Waals surface area (Å²) in [6.45, 7) is 3.12. The van der Waals surface area contributed by atoms with Crippen LogP contribution in [0.25, 0.3) is 0 Å². The topological polar surface area (TPSA) is 29.1 Å². The molecule has 1 N–H and O–H groups in total. The molecular weight excluding hydrogens is 326 g/mol. The van der Waals surface area contributed by atoms with Crippen LogP contribution in [0.3, 0.4) is 0 Å². The Morgan fingerprint density at radius 2 is 1.76 bits per heavy atom. The first-order chi connectivity index (χ1) is 10.1. The maximum atomic E-state index is 12.3. The van der Waals surface area contributed by atoms with Gasteiger partial charge in [0.2, 0.25) is 5.91 Å². The first-order valence-corrected chi connectivity index (χ1v) is 10.0. The molecule has 0 aromatic rings. The van der Waals surface area contributed by atoms with Gasteiger partial charge in [-0.05, 0) is 80.5 Å². The highest BCUT2D eigenvalue weighted by Crippen LogP contribution is 2.61. The van der Waals surface area contributed by atoms with Crippen LogP contribution in [0.15, 0.2) is 0 Å². The van der Waals surface area contributed by atoms with Gasteiger partial charge >= 0.3 is 0 Å². The van der Waals surface area contributed by atoms with Crippen molar-refractivity contribution in [2.45, 2.75) is 64.7 Å². The van der Waals surface area contributed by atoms with Gasteiger partial charge in [0.25, 0.3) is 0 Å². The van der Waals surface area contributed by atoms with Gasteiger partial charge in [-0.15, -0.1) is 0 Å². The van der Waals surface area contributed by atoms with E-state index < -0.39 is 0 Å². The normalized spacial score (nSPS) is 38.5. The summed E-state index contributed by atoms with van der Waals surface area (Å²) in [5.41, 5.74) is 0.391. The van der Waals surface area contributed by atoms with Gasteiger partial charge in [-0.3, -0.25) is 4.79 Å². The Balaban J connectivity index is 1.43. The lowest BCUT2D eigenvalue weighted by molar-refractivity contribution is -0.129. The highest BCUT2D eigenvalue weighted by molar-refractivity contribution is 9.09. The van der Waals surface area contributed by atoms with Crippen LogP contribution >= 0.6 is 15.9 Å². The second-order valence-electron chi connectivity index (χ2n) is 8.35. The average Bonchev–Trinajstić information content (AvgIpc) is 2.41. The minimum Gasteiger partial charge on any atom is -0.356 e. The molecule has 1 unspecified atom stereocenters. The molecule has 0 aromatic heterocycles. The zero-order valence-corrected chi connectivity index (χ0v) is 15.0. The van der Waals surface area contributed by atoms with Gasteiger partial charge in [0.1, 0.15) is 0 Å². The number of halogens is 1. The second kappa shape index (κ2) is 6.60. The summed E-state index contributed by atoms with van der Waals surface area (Å²) < 4.78 is 0. The van der Waals surface area contributed by atoms with Crippen LogP contribution in [0.1, 0.15) is 64.7 Å². The molecule has 0 heterocycles. The van der Waals surface area contributed by atoms with E-state index in [1.165, 1.54) is 44.9 Å². The van der Waals surface area contributed by atoms with Crippen molar-refractivity contribution in [3.8, 4) is 0 Å². The van der Waals surface area contributed by atoms with Gasteiger partial charge in [0, 0.05) is 18.3 Å². The summed E-state index contributed by atoms with van der Waals surface area (Å²) in [6, 6.07) is 0. The van der Waals surface area contributed by atoms with E-state index in [0.29, 0.717) is 17.2 Å². The zero-order valence-electron chi connectivity index (χ0n) is 13.4. The van der Waals surface area contributed by atoms with E-state index in [-0.39, 0.29) is 0 Å². The van der Waals surface area contributed by atoms with Crippen LogP contribution in [-0.4, -0.2) is 17.8 Å². The van der Waals surface area contributed by atoms with E-state index in [9.17, 15) is 4.79 Å². The molecule has 0 spiro atoms. The number of alkyl halides is 1. The molecule has 4 aliphatic carbocycles. The Morgan fingerprint density at radius 3 is 2.29 bits per heavy atom. The van der Waals surface area contributed by atoms with Crippen molar-refractivity contribution in [1.82, 2.24) is 5.32 Å². The molecule has 0 aromatic carbocycles. The van der Waals surface area contributed by atoms with E-state index in [1.54, 1.807) is 0 Å². The second-order valence-corrected chi connectivity index (χ2v) is 8.99. The summed E-state index contributed by atoms with van der Waals surface area (Å²) in [7, 11) is 0. The first kappa shape index (κ1) is 15.8. The van der Waals surface area contributed by atoms with Crippen LogP contribution in [-0.2, 0) is 4.79 Å². The predicted octanol–water partition coefficient (Wildman–Crippen LogP) is 4.52. The Bertz CT molecular complexity index is 346. The standard InChI is InChI=1S/C18H30BrNO/c1-13(12-19)3-2-4-20-17(21)11-18-8-14-5-15(9-18)7-16(6-14)10-18/h13-16H,2-12H2,1H3,(H,20,21). The van der Waals surface area contributed by atoms with E-state index in [4.69, 9.17) is 0 Å². The highest BCUT2D eigenvalue weighted by Gasteiger charge is 2.51. The molecule has 0 radical (unpaired) electrons. The van der Waals surface area contributed by atoms with Crippen molar-refractivity contribution < 1.29 is 4.79 Å². The Hall–Kier alpha value is -0.0500. The SMILES string of the molecule is CC(CBr)CCCNC(=O)CC12CC3CC(CC(C3)C1)C2. The van der Waals surface area contributed by atoms with Crippen LogP contribution in [0.5, 0.6) is 0 Å². The maximum absolute atomic E-state index is 12.3. The summed E-state index contributed by atoms with van der Waals surface area (Å²) in [6.07, 6.45) is 11.5. The van der Waals surface area contributed by atoms with Crippen LogP contribution in [0, 0.1) is 29.1 Å². The molecule has 120 valence electrons. The van der Waals surface area contributed by atoms with Crippen molar-refractivity contribution in [3.63, 3.8) is 0 Å². The van der Waals surface area contributed by atoms with Gasteiger partial charge < -0.3 is 5.32 Å². The summed E-state index contributed by atoms with van der Waals surface area (Å²) in [5.74, 6) is 3.88. The number of hydrogen-bond acceptors (Lipinski definition) is 1. The van der Waals surface area contributed by atoms with Crippen molar-refractivity contribution in [3.05, 3.63) is 0 Å². The van der Waals surface area contributed by atoms with Crippen LogP contribution < -0.4 is 5.32 Å². The monoisotopic (exact) mass is 355 g/mol. The first-order valence-electron chi connectivity index (χ1n) is 8.91. The fourth-order valence-electron chi connectivity index (χ4n) is 5.67. The molecule has 2 nitrogen and oxygen atoms in total. The molecule has 1 amide bonds. The highest BCUT2D eigenvalue weighted by atomic mass is 79.9. The van der Waals surface area contributed by atoms with Crippen LogP contribution in [0.2, 0.25) is 0 Å². The lowest BCUT2D eigenvalue weighted by Gasteiger charge is -2.56. The molecule has 3 heteroatoms. The van der Waals surface area contributed by atoms with Gasteiger partial charge in [-0.2, -0.15) is 0 Å². The number of nitrogens with one attached hydrogen (secondary N) is 1. The molecule has 4 aliphatic rings. The van der Waals surface area contributed by atoms with Crippen molar-refractivity contribution in [2.75, 3.05) is 11.9 Å². The number of hydrogen-bond donors (Lipinski definition) is 1. The predicted molar refractivity (Wildman–Crippen MR) is 90.4 cm³/mol. The largest absolute Gasteiger partial charge is 0.356 e. The smallest absolute Gasteiger partial charge is 0.220 e. The van der Waals surface area contributed by atoms with Crippen LogP contribution in [0.4, 0.5) is 0 Å². The Kier molecular flexibility index (Phi) is 4.97. The Morgan fingerprint density at radius 1 is 1.19 bits per heavy atom. The molecule has 1 atom stereocenters. The molecule has 4 saturated carbocycles. The van der Waals surface area contributed by atoms with Gasteiger partial charge in [-0.1, -0.05) is 22.9 Å². The number of carbonyl (C=O) groups is 1. The molecule has 0 aliphatic heterocycles. The number of amides is 1. The van der Waals surface area contributed by atoms with Gasteiger partial charge in [0.15, 0.2) is 0 Å².